The summed E-state index contributed by atoms with van der Waals surface area (Å²) in [5, 5.41) is 22.9. The fourth-order valence-electron chi connectivity index (χ4n) is 6.40. The van der Waals surface area contributed by atoms with Crippen molar-refractivity contribution in [3.63, 3.8) is 0 Å². The van der Waals surface area contributed by atoms with Gasteiger partial charge < -0.3 is 19.7 Å². The van der Waals surface area contributed by atoms with Crippen molar-refractivity contribution in [3.8, 4) is 16.9 Å². The van der Waals surface area contributed by atoms with Crippen LogP contribution in [0.2, 0.25) is 0 Å². The number of aliphatic hydroxyl groups excluding tert-OH is 1. The highest BCUT2D eigenvalue weighted by Crippen LogP contribution is 2.29. The summed E-state index contributed by atoms with van der Waals surface area (Å²) in [6, 6.07) is 7.42. The van der Waals surface area contributed by atoms with Gasteiger partial charge in [-0.3, -0.25) is 23.6 Å². The lowest BCUT2D eigenvalue weighted by atomic mass is 9.98. The molecule has 0 saturated heterocycles. The second-order valence-corrected chi connectivity index (χ2v) is 11.4. The first-order valence-corrected chi connectivity index (χ1v) is 14.9. The van der Waals surface area contributed by atoms with Crippen LogP contribution in [0.15, 0.2) is 52.6 Å². The lowest BCUT2D eigenvalue weighted by molar-refractivity contribution is 0.129. The Morgan fingerprint density at radius 1 is 1.09 bits per heavy atom. The van der Waals surface area contributed by atoms with Gasteiger partial charge in [0.2, 0.25) is 0 Å². The van der Waals surface area contributed by atoms with Crippen molar-refractivity contribution in [1.29, 1.82) is 0 Å². The zero-order valence-corrected chi connectivity index (χ0v) is 24.9. The Labute approximate surface area is 253 Å². The smallest absolute Gasteiger partial charge is 0.297 e. The van der Waals surface area contributed by atoms with Crippen molar-refractivity contribution in [2.75, 3.05) is 32.1 Å². The Kier molecular flexibility index (Phi) is 7.36. The average molecular weight is 598 g/mol. The minimum absolute atomic E-state index is 0.221. The molecule has 0 bridgehead atoms. The normalized spacial score (nSPS) is 15.0. The summed E-state index contributed by atoms with van der Waals surface area (Å²) >= 11 is 0. The number of hydrogen-bond donors (Lipinski definition) is 2. The van der Waals surface area contributed by atoms with Crippen LogP contribution in [0.4, 0.5) is 11.5 Å². The fraction of sp³-hybridized carbons (Fsp3) is 0.387. The van der Waals surface area contributed by atoms with Gasteiger partial charge in [-0.1, -0.05) is 0 Å². The summed E-state index contributed by atoms with van der Waals surface area (Å²) < 4.78 is 11.8. The molecule has 2 N–H and O–H groups in total. The third kappa shape index (κ3) is 4.92. The van der Waals surface area contributed by atoms with E-state index in [9.17, 15) is 14.7 Å². The SMILES string of the molecule is COCCN1CCn2nc(Nc3cc(-c4ccnc(-n5ncn6c7c(cc6c5=O)CCCC7)c4CO)cn(C)c3=O)cc2C1. The molecule has 2 aliphatic rings. The van der Waals surface area contributed by atoms with E-state index in [1.165, 1.54) is 14.8 Å². The van der Waals surface area contributed by atoms with E-state index < -0.39 is 0 Å². The molecule has 0 unspecified atom stereocenters. The van der Waals surface area contributed by atoms with Crippen molar-refractivity contribution < 1.29 is 9.84 Å². The zero-order chi connectivity index (χ0) is 30.4. The molecule has 13 nitrogen and oxygen atoms in total. The van der Waals surface area contributed by atoms with Crippen molar-refractivity contribution >= 4 is 17.0 Å². The lowest BCUT2D eigenvalue weighted by Gasteiger charge is -2.26. The number of pyridine rings is 2. The Hall–Kier alpha value is -4.59. The third-order valence-electron chi connectivity index (χ3n) is 8.67. The van der Waals surface area contributed by atoms with E-state index in [1.807, 2.05) is 21.2 Å². The fourth-order valence-corrected chi connectivity index (χ4v) is 6.40. The minimum atomic E-state index is -0.381. The van der Waals surface area contributed by atoms with Crippen LogP contribution in [0, 0.1) is 0 Å². The number of methoxy groups -OCH3 is 1. The molecule has 0 spiro atoms. The second kappa shape index (κ2) is 11.5. The summed E-state index contributed by atoms with van der Waals surface area (Å²) in [6.07, 6.45) is 9.02. The van der Waals surface area contributed by atoms with Crippen molar-refractivity contribution in [3.05, 3.63) is 86.2 Å². The predicted octanol–water partition coefficient (Wildman–Crippen LogP) is 2.02. The van der Waals surface area contributed by atoms with Crippen molar-refractivity contribution in [2.45, 2.75) is 45.4 Å². The van der Waals surface area contributed by atoms with Crippen LogP contribution in [0.25, 0.3) is 22.5 Å². The van der Waals surface area contributed by atoms with E-state index >= 15 is 0 Å². The van der Waals surface area contributed by atoms with Crippen LogP contribution in [-0.4, -0.2) is 70.3 Å². The second-order valence-electron chi connectivity index (χ2n) is 11.4. The van der Waals surface area contributed by atoms with Gasteiger partial charge in [-0.15, -0.1) is 0 Å². The number of anilines is 2. The predicted molar refractivity (Wildman–Crippen MR) is 164 cm³/mol. The molecule has 0 aromatic carbocycles. The molecular formula is C31H35N9O4. The summed E-state index contributed by atoms with van der Waals surface area (Å²) in [7, 11) is 3.38. The van der Waals surface area contributed by atoms with Gasteiger partial charge >= 0.3 is 0 Å². The number of ether oxygens (including phenoxy) is 1. The molecule has 0 atom stereocenters. The van der Waals surface area contributed by atoms with Crippen LogP contribution in [0.3, 0.4) is 0 Å². The Bertz CT molecular complexity index is 1990. The maximum absolute atomic E-state index is 13.7. The topological polar surface area (TPSA) is 137 Å². The number of aromatic nitrogens is 7. The lowest BCUT2D eigenvalue weighted by Crippen LogP contribution is -2.35. The largest absolute Gasteiger partial charge is 0.392 e. The van der Waals surface area contributed by atoms with Gasteiger partial charge in [0.1, 0.15) is 17.5 Å². The first-order chi connectivity index (χ1) is 21.4. The molecule has 0 radical (unpaired) electrons. The summed E-state index contributed by atoms with van der Waals surface area (Å²) in [4.78, 5) is 33.6. The van der Waals surface area contributed by atoms with Crippen LogP contribution in [-0.2, 0) is 44.3 Å². The summed E-state index contributed by atoms with van der Waals surface area (Å²) in [6.45, 7) is 3.51. The van der Waals surface area contributed by atoms with Gasteiger partial charge in [0, 0.05) is 69.1 Å². The van der Waals surface area contributed by atoms with E-state index in [1.54, 1.807) is 45.0 Å². The van der Waals surface area contributed by atoms with Crippen LogP contribution in [0.1, 0.15) is 35.4 Å². The van der Waals surface area contributed by atoms with E-state index in [0.29, 0.717) is 40.3 Å². The summed E-state index contributed by atoms with van der Waals surface area (Å²) in [5.74, 6) is 0.833. The Morgan fingerprint density at radius 2 is 1.95 bits per heavy atom. The van der Waals surface area contributed by atoms with Crippen molar-refractivity contribution in [1.82, 2.24) is 38.4 Å². The number of fused-ring (bicyclic) bond motifs is 4. The zero-order valence-electron chi connectivity index (χ0n) is 24.9. The van der Waals surface area contributed by atoms with Crippen LogP contribution < -0.4 is 16.4 Å². The number of nitrogens with one attached hydrogen (secondary N) is 1. The maximum Gasteiger partial charge on any atom is 0.297 e. The number of rotatable bonds is 8. The standard InChI is InChI=1S/C31H35N9O4/c1-36-16-21(13-25(30(36)42)34-28-15-22-17-37(11-12-44-2)9-10-39(22)35-28)23-7-8-32-29(24(23)18-41)40-31(43)27-14-20-5-3-4-6-26(20)38(27)19-33-40/h7-8,13-16,19,41H,3-6,9-12,17-18H2,1-2H3,(H,34,35). The van der Waals surface area contributed by atoms with Crippen molar-refractivity contribution in [2.24, 2.45) is 7.05 Å². The van der Waals surface area contributed by atoms with E-state index in [0.717, 1.165) is 63.3 Å². The van der Waals surface area contributed by atoms with Gasteiger partial charge in [0.25, 0.3) is 11.1 Å². The quantitative estimate of drug-likeness (QED) is 0.275. The molecule has 7 rings (SSSR count). The highest BCUT2D eigenvalue weighted by atomic mass is 16.5. The summed E-state index contributed by atoms with van der Waals surface area (Å²) in [5.41, 5.74) is 5.49. The number of hydrogen-bond acceptors (Lipinski definition) is 9. The van der Waals surface area contributed by atoms with Gasteiger partial charge in [0.15, 0.2) is 11.6 Å². The molecular weight excluding hydrogens is 562 g/mol. The van der Waals surface area contributed by atoms with Gasteiger partial charge in [-0.2, -0.15) is 14.9 Å². The molecule has 0 fully saturated rings. The van der Waals surface area contributed by atoms with E-state index in [-0.39, 0.29) is 23.5 Å². The molecule has 5 aromatic rings. The monoisotopic (exact) mass is 597 g/mol. The van der Waals surface area contributed by atoms with Gasteiger partial charge in [0.05, 0.1) is 25.5 Å². The van der Waals surface area contributed by atoms with Gasteiger partial charge in [-0.25, -0.2) is 4.98 Å². The Morgan fingerprint density at radius 3 is 2.80 bits per heavy atom. The van der Waals surface area contributed by atoms with Crippen LogP contribution >= 0.6 is 0 Å². The molecule has 228 valence electrons. The molecule has 5 aromatic heterocycles. The molecule has 0 saturated carbocycles. The molecule has 44 heavy (non-hydrogen) atoms. The molecule has 1 aliphatic carbocycles. The number of nitrogens with zero attached hydrogens (tertiary/aromatic N) is 8. The molecule has 0 amide bonds. The maximum atomic E-state index is 13.7. The molecule has 6 heterocycles. The van der Waals surface area contributed by atoms with Gasteiger partial charge in [-0.05, 0) is 55.0 Å². The highest BCUT2D eigenvalue weighted by Gasteiger charge is 2.22. The average Bonchev–Trinajstić information content (AvgIpc) is 3.63. The molecule has 13 heteroatoms. The Balaban J connectivity index is 1.24. The van der Waals surface area contributed by atoms with Crippen LogP contribution in [0.5, 0.6) is 0 Å². The number of aliphatic hydroxyl groups is 1. The molecule has 1 aliphatic heterocycles. The number of aryl methyl sites for hydroxylation is 3. The third-order valence-corrected chi connectivity index (χ3v) is 8.67. The first-order valence-electron chi connectivity index (χ1n) is 14.9. The minimum Gasteiger partial charge on any atom is -0.392 e. The highest BCUT2D eigenvalue weighted by molar-refractivity contribution is 5.73. The first kappa shape index (κ1) is 28.2. The van der Waals surface area contributed by atoms with E-state index in [4.69, 9.17) is 4.74 Å². The van der Waals surface area contributed by atoms with E-state index in [2.05, 4.69) is 25.4 Å².